The van der Waals surface area contributed by atoms with Crippen LogP contribution in [0.2, 0.25) is 0 Å². The maximum Gasteiger partial charge on any atom is 0.319 e. The molecule has 140 valence electrons. The van der Waals surface area contributed by atoms with Gasteiger partial charge in [-0.2, -0.15) is 5.10 Å². The molecule has 0 atom stereocenters. The van der Waals surface area contributed by atoms with Gasteiger partial charge in [-0.25, -0.2) is 13.6 Å². The number of aromatic nitrogens is 2. The van der Waals surface area contributed by atoms with Gasteiger partial charge in [0.25, 0.3) is 0 Å². The lowest BCUT2D eigenvalue weighted by Gasteiger charge is -2.08. The number of rotatable bonds is 6. The maximum absolute atomic E-state index is 14.2. The van der Waals surface area contributed by atoms with E-state index < -0.39 is 11.8 Å². The van der Waals surface area contributed by atoms with Crippen molar-refractivity contribution in [2.45, 2.75) is 19.8 Å². The van der Waals surface area contributed by atoms with Gasteiger partial charge < -0.3 is 10.6 Å². The molecule has 27 heavy (non-hydrogen) atoms. The van der Waals surface area contributed by atoms with E-state index in [4.69, 9.17) is 0 Å². The zero-order valence-electron chi connectivity index (χ0n) is 14.9. The molecule has 0 radical (unpaired) electrons. The predicted octanol–water partition coefficient (Wildman–Crippen LogP) is 4.93. The van der Waals surface area contributed by atoms with Crippen LogP contribution in [0.15, 0.2) is 36.4 Å². The van der Waals surface area contributed by atoms with Crippen LogP contribution in [-0.2, 0) is 0 Å². The van der Waals surface area contributed by atoms with Gasteiger partial charge in [-0.1, -0.05) is 31.6 Å². The second-order valence-electron chi connectivity index (χ2n) is 6.11. The Morgan fingerprint density at radius 3 is 2.70 bits per heavy atom. The van der Waals surface area contributed by atoms with Gasteiger partial charge in [0.15, 0.2) is 0 Å². The van der Waals surface area contributed by atoms with Crippen molar-refractivity contribution in [2.75, 3.05) is 11.9 Å². The molecule has 1 heterocycles. The molecule has 0 bridgehead atoms. The van der Waals surface area contributed by atoms with E-state index in [2.05, 4.69) is 20.8 Å². The van der Waals surface area contributed by atoms with Gasteiger partial charge in [0, 0.05) is 18.0 Å². The van der Waals surface area contributed by atoms with Crippen LogP contribution in [-0.4, -0.2) is 22.8 Å². The lowest BCUT2D eigenvalue weighted by molar-refractivity contribution is 0.252. The minimum absolute atomic E-state index is 0.0781. The summed E-state index contributed by atoms with van der Waals surface area (Å²) in [4.78, 5) is 11.9. The fraction of sp³-hybridized carbons (Fsp3) is 0.200. The summed E-state index contributed by atoms with van der Waals surface area (Å²) in [7, 11) is 0. The van der Waals surface area contributed by atoms with E-state index >= 15 is 0 Å². The summed E-state index contributed by atoms with van der Waals surface area (Å²) in [6.45, 7) is 2.55. The van der Waals surface area contributed by atoms with E-state index in [1.807, 2.05) is 6.92 Å². The number of carbonyl (C=O) groups excluding carboxylic acids is 1. The summed E-state index contributed by atoms with van der Waals surface area (Å²) in [5, 5.41) is 12.8. The number of unbranched alkanes of at least 4 members (excludes halogenated alkanes) is 1. The average Bonchev–Trinajstić information content (AvgIpc) is 3.03. The highest BCUT2D eigenvalue weighted by atomic mass is 19.1. The smallest absolute Gasteiger partial charge is 0.319 e. The molecule has 3 rings (SSSR count). The number of hydrogen-bond acceptors (Lipinski definition) is 2. The molecule has 0 fully saturated rings. The number of amides is 2. The van der Waals surface area contributed by atoms with Crippen molar-refractivity contribution >= 4 is 34.8 Å². The van der Waals surface area contributed by atoms with Crippen LogP contribution in [0.1, 0.15) is 31.0 Å². The predicted molar refractivity (Wildman–Crippen MR) is 103 cm³/mol. The van der Waals surface area contributed by atoms with Crippen molar-refractivity contribution in [2.24, 2.45) is 0 Å². The molecule has 3 aromatic rings. The Labute approximate surface area is 155 Å². The first-order valence-electron chi connectivity index (χ1n) is 8.73. The molecule has 3 N–H and O–H groups in total. The van der Waals surface area contributed by atoms with E-state index in [0.717, 1.165) is 18.4 Å². The molecule has 2 amide bonds. The summed E-state index contributed by atoms with van der Waals surface area (Å²) in [6, 6.07) is 8.42. The average molecular weight is 370 g/mol. The molecule has 0 spiro atoms. The van der Waals surface area contributed by atoms with Crippen LogP contribution in [0.4, 0.5) is 19.3 Å². The van der Waals surface area contributed by atoms with Crippen molar-refractivity contribution in [3.05, 3.63) is 59.3 Å². The molecule has 0 unspecified atom stereocenters. The summed E-state index contributed by atoms with van der Waals surface area (Å²) < 4.78 is 27.2. The van der Waals surface area contributed by atoms with Crippen LogP contribution in [0.3, 0.4) is 0 Å². The summed E-state index contributed by atoms with van der Waals surface area (Å²) in [5.41, 5.74) is 1.99. The Hall–Kier alpha value is -3.22. The number of benzene rings is 2. The summed E-state index contributed by atoms with van der Waals surface area (Å²) >= 11 is 0. The minimum Gasteiger partial charge on any atom is -0.338 e. The molecular formula is C20H20F2N4O. The highest BCUT2D eigenvalue weighted by molar-refractivity contribution is 5.96. The lowest BCUT2D eigenvalue weighted by Crippen LogP contribution is -2.29. The molecule has 0 aliphatic heterocycles. The monoisotopic (exact) mass is 370 g/mol. The number of halogens is 2. The Morgan fingerprint density at radius 2 is 1.96 bits per heavy atom. The molecule has 5 nitrogen and oxygen atoms in total. The molecule has 0 saturated carbocycles. The van der Waals surface area contributed by atoms with Crippen LogP contribution in [0.25, 0.3) is 23.1 Å². The van der Waals surface area contributed by atoms with E-state index in [9.17, 15) is 13.6 Å². The number of aromatic amines is 1. The fourth-order valence-electron chi connectivity index (χ4n) is 2.58. The van der Waals surface area contributed by atoms with Gasteiger partial charge in [0.1, 0.15) is 11.6 Å². The van der Waals surface area contributed by atoms with Gasteiger partial charge >= 0.3 is 6.03 Å². The fourth-order valence-corrected chi connectivity index (χ4v) is 2.58. The van der Waals surface area contributed by atoms with Gasteiger partial charge in [-0.15, -0.1) is 0 Å². The highest BCUT2D eigenvalue weighted by Gasteiger charge is 2.11. The molecular weight excluding hydrogens is 350 g/mol. The van der Waals surface area contributed by atoms with Crippen LogP contribution >= 0.6 is 0 Å². The topological polar surface area (TPSA) is 69.8 Å². The number of H-pyrrole nitrogens is 1. The Morgan fingerprint density at radius 1 is 1.19 bits per heavy atom. The van der Waals surface area contributed by atoms with Crippen LogP contribution < -0.4 is 10.6 Å². The zero-order chi connectivity index (χ0) is 19.2. The number of urea groups is 1. The Bertz CT molecular complexity index is 964. The normalized spacial score (nSPS) is 11.2. The molecule has 0 saturated heterocycles. The standard InChI is InChI=1S/C20H20F2N4O/c1-2-3-10-23-20(27)24-19-11-15-17(25-26-18(15)12-16(19)22)9-6-13-4-7-14(21)8-5-13/h4-9,11-12H,2-3,10H2,1H3,(H,25,26)(H2,23,24,27)/b9-6+. The second kappa shape index (κ2) is 8.44. The molecule has 0 aliphatic carbocycles. The van der Waals surface area contributed by atoms with Gasteiger partial charge in [0.05, 0.1) is 16.9 Å². The minimum atomic E-state index is -0.550. The number of anilines is 1. The van der Waals surface area contributed by atoms with Crippen molar-refractivity contribution in [1.29, 1.82) is 0 Å². The van der Waals surface area contributed by atoms with E-state index in [-0.39, 0.29) is 11.5 Å². The Balaban J connectivity index is 1.81. The zero-order valence-corrected chi connectivity index (χ0v) is 14.9. The van der Waals surface area contributed by atoms with Gasteiger partial charge in [-0.3, -0.25) is 5.10 Å². The summed E-state index contributed by atoms with van der Waals surface area (Å²) in [6.07, 6.45) is 5.34. The van der Waals surface area contributed by atoms with Gasteiger partial charge in [-0.05, 0) is 36.3 Å². The first-order valence-corrected chi connectivity index (χ1v) is 8.73. The van der Waals surface area contributed by atoms with E-state index in [1.165, 1.54) is 24.3 Å². The van der Waals surface area contributed by atoms with E-state index in [0.29, 0.717) is 23.1 Å². The maximum atomic E-state index is 14.2. The molecule has 7 heteroatoms. The molecule has 1 aromatic heterocycles. The lowest BCUT2D eigenvalue weighted by atomic mass is 10.1. The first-order chi connectivity index (χ1) is 13.1. The van der Waals surface area contributed by atoms with Crippen molar-refractivity contribution in [1.82, 2.24) is 15.5 Å². The Kier molecular flexibility index (Phi) is 5.80. The SMILES string of the molecule is CCCCNC(=O)Nc1cc2c(/C=C/c3ccc(F)cc3)n[nH]c2cc1F. The first kappa shape index (κ1) is 18.6. The third kappa shape index (κ3) is 4.69. The highest BCUT2D eigenvalue weighted by Crippen LogP contribution is 2.25. The second-order valence-corrected chi connectivity index (χ2v) is 6.11. The van der Waals surface area contributed by atoms with Crippen LogP contribution in [0.5, 0.6) is 0 Å². The summed E-state index contributed by atoms with van der Waals surface area (Å²) in [5.74, 6) is -0.855. The number of nitrogens with one attached hydrogen (secondary N) is 3. The van der Waals surface area contributed by atoms with E-state index in [1.54, 1.807) is 24.3 Å². The quantitative estimate of drug-likeness (QED) is 0.538. The third-order valence-electron chi connectivity index (χ3n) is 4.05. The number of fused-ring (bicyclic) bond motifs is 1. The van der Waals surface area contributed by atoms with Gasteiger partial charge in [0.2, 0.25) is 0 Å². The molecule has 2 aromatic carbocycles. The van der Waals surface area contributed by atoms with Crippen molar-refractivity contribution < 1.29 is 13.6 Å². The third-order valence-corrected chi connectivity index (χ3v) is 4.05. The molecule has 0 aliphatic rings. The van der Waals surface area contributed by atoms with Crippen molar-refractivity contribution in [3.63, 3.8) is 0 Å². The van der Waals surface area contributed by atoms with Crippen molar-refractivity contribution in [3.8, 4) is 0 Å². The number of hydrogen-bond donors (Lipinski definition) is 3. The number of carbonyl (C=O) groups is 1. The number of nitrogens with zero attached hydrogens (tertiary/aromatic N) is 1. The van der Waals surface area contributed by atoms with Crippen LogP contribution in [0, 0.1) is 11.6 Å². The largest absolute Gasteiger partial charge is 0.338 e.